The number of fused-ring (bicyclic) bond motifs is 1. The summed E-state index contributed by atoms with van der Waals surface area (Å²) in [5.74, 6) is 0.626. The summed E-state index contributed by atoms with van der Waals surface area (Å²) in [4.78, 5) is 19.5. The van der Waals surface area contributed by atoms with E-state index in [1.54, 1.807) is 4.68 Å². The second-order valence-electron chi connectivity index (χ2n) is 7.83. The number of carbonyl (C=O) groups is 1. The Morgan fingerprint density at radius 3 is 2.84 bits per heavy atom. The number of amides is 2. The van der Waals surface area contributed by atoms with E-state index in [0.717, 1.165) is 38.0 Å². The van der Waals surface area contributed by atoms with Crippen molar-refractivity contribution < 1.29 is 4.79 Å². The molecule has 3 atom stereocenters. The van der Waals surface area contributed by atoms with Crippen LogP contribution >= 0.6 is 0 Å². The zero-order valence-corrected chi connectivity index (χ0v) is 16.0. The molecule has 0 aliphatic carbocycles. The Morgan fingerprint density at radius 1 is 1.36 bits per heavy atom. The van der Waals surface area contributed by atoms with E-state index in [0.29, 0.717) is 18.5 Å². The molecular formula is C18H32N6O. The molecule has 1 aromatic rings. The number of nitrogens with one attached hydrogen (secondary N) is 1. The SMILES string of the molecule is CN1CC[C@@H]2[C@@H](CCCN2C(=O)NC[C@@H](c2cnn(C)c2)N(C)C)C1. The molecule has 7 heteroatoms. The minimum atomic E-state index is 0.0926. The summed E-state index contributed by atoms with van der Waals surface area (Å²) in [7, 11) is 8.18. The maximum absolute atomic E-state index is 12.9. The Hall–Kier alpha value is -1.60. The van der Waals surface area contributed by atoms with Gasteiger partial charge in [-0.2, -0.15) is 5.10 Å². The summed E-state index contributed by atoms with van der Waals surface area (Å²) in [5, 5.41) is 7.44. The van der Waals surface area contributed by atoms with Crippen LogP contribution in [0.5, 0.6) is 0 Å². The number of rotatable bonds is 4. The molecule has 2 fully saturated rings. The zero-order chi connectivity index (χ0) is 18.0. The average Bonchev–Trinajstić information content (AvgIpc) is 2.99. The second kappa shape index (κ2) is 7.74. The van der Waals surface area contributed by atoms with Gasteiger partial charge in [0.1, 0.15) is 0 Å². The van der Waals surface area contributed by atoms with Crippen molar-refractivity contribution in [3.63, 3.8) is 0 Å². The first-order valence-electron chi connectivity index (χ1n) is 9.33. The topological polar surface area (TPSA) is 56.6 Å². The Balaban J connectivity index is 1.61. The van der Waals surface area contributed by atoms with Crippen LogP contribution in [-0.4, -0.2) is 83.9 Å². The highest BCUT2D eigenvalue weighted by molar-refractivity contribution is 5.74. The lowest BCUT2D eigenvalue weighted by atomic mass is 9.84. The zero-order valence-electron chi connectivity index (χ0n) is 16.0. The molecule has 140 valence electrons. The molecule has 0 spiro atoms. The number of nitrogens with zero attached hydrogens (tertiary/aromatic N) is 5. The van der Waals surface area contributed by atoms with Gasteiger partial charge in [0.25, 0.3) is 0 Å². The summed E-state index contributed by atoms with van der Waals surface area (Å²) in [6, 6.07) is 0.631. The van der Waals surface area contributed by atoms with E-state index in [1.165, 1.54) is 6.42 Å². The molecule has 2 aliphatic heterocycles. The highest BCUT2D eigenvalue weighted by Gasteiger charge is 2.37. The first-order chi connectivity index (χ1) is 12.0. The smallest absolute Gasteiger partial charge is 0.317 e. The quantitative estimate of drug-likeness (QED) is 0.887. The van der Waals surface area contributed by atoms with E-state index < -0.39 is 0 Å². The second-order valence-corrected chi connectivity index (χ2v) is 7.83. The van der Waals surface area contributed by atoms with Crippen LogP contribution in [0.2, 0.25) is 0 Å². The summed E-state index contributed by atoms with van der Waals surface area (Å²) in [5.41, 5.74) is 1.13. The van der Waals surface area contributed by atoms with E-state index in [1.807, 2.05) is 33.5 Å². The Bertz CT molecular complexity index is 586. The van der Waals surface area contributed by atoms with E-state index in [4.69, 9.17) is 0 Å². The molecule has 2 amide bonds. The number of hydrogen-bond donors (Lipinski definition) is 1. The first kappa shape index (κ1) is 18.2. The van der Waals surface area contributed by atoms with Crippen molar-refractivity contribution in [3.8, 4) is 0 Å². The maximum Gasteiger partial charge on any atom is 0.317 e. The first-order valence-corrected chi connectivity index (χ1v) is 9.33. The van der Waals surface area contributed by atoms with Gasteiger partial charge in [-0.05, 0) is 52.9 Å². The molecule has 0 aromatic carbocycles. The van der Waals surface area contributed by atoms with Crippen LogP contribution in [0.3, 0.4) is 0 Å². The van der Waals surface area contributed by atoms with E-state index in [9.17, 15) is 4.79 Å². The minimum absolute atomic E-state index is 0.0926. The number of likely N-dealkylation sites (tertiary alicyclic amines) is 2. The van der Waals surface area contributed by atoms with Crippen molar-refractivity contribution in [1.82, 2.24) is 29.8 Å². The van der Waals surface area contributed by atoms with Crippen LogP contribution in [0, 0.1) is 5.92 Å². The molecular weight excluding hydrogens is 316 g/mol. The highest BCUT2D eigenvalue weighted by atomic mass is 16.2. The average molecular weight is 348 g/mol. The van der Waals surface area contributed by atoms with E-state index >= 15 is 0 Å². The Kier molecular flexibility index (Phi) is 5.64. The molecule has 3 rings (SSSR count). The lowest BCUT2D eigenvalue weighted by Gasteiger charge is -2.46. The third kappa shape index (κ3) is 4.15. The van der Waals surface area contributed by atoms with Crippen molar-refractivity contribution in [1.29, 1.82) is 0 Å². The normalized spacial score (nSPS) is 25.7. The number of hydrogen-bond acceptors (Lipinski definition) is 4. The summed E-state index contributed by atoms with van der Waals surface area (Å²) >= 11 is 0. The molecule has 0 unspecified atom stereocenters. The van der Waals surface area contributed by atoms with Gasteiger partial charge >= 0.3 is 6.03 Å². The van der Waals surface area contributed by atoms with Crippen LogP contribution < -0.4 is 5.32 Å². The highest BCUT2D eigenvalue weighted by Crippen LogP contribution is 2.30. The molecule has 25 heavy (non-hydrogen) atoms. The standard InChI is InChI=1S/C18H32N6O/c1-21(2)17(15-10-20-23(4)13-15)11-19-18(25)24-8-5-6-14-12-22(3)9-7-16(14)24/h10,13-14,16-17H,5-9,11-12H2,1-4H3,(H,19,25)/t14-,16+,17-/m0/s1. The van der Waals surface area contributed by atoms with Gasteiger partial charge in [-0.1, -0.05) is 0 Å². The molecule has 0 radical (unpaired) electrons. The van der Waals surface area contributed by atoms with Gasteiger partial charge in [-0.25, -0.2) is 4.79 Å². The van der Waals surface area contributed by atoms with E-state index in [2.05, 4.69) is 32.2 Å². The van der Waals surface area contributed by atoms with E-state index in [-0.39, 0.29) is 12.1 Å². The van der Waals surface area contributed by atoms with Gasteiger partial charge in [0.05, 0.1) is 12.2 Å². The Labute approximate surface area is 150 Å². The fourth-order valence-electron chi connectivity index (χ4n) is 4.33. The van der Waals surface area contributed by atoms with Crippen molar-refractivity contribution in [3.05, 3.63) is 18.0 Å². The third-order valence-corrected chi connectivity index (χ3v) is 5.71. The third-order valence-electron chi connectivity index (χ3n) is 5.71. The fourth-order valence-corrected chi connectivity index (χ4v) is 4.33. The van der Waals surface area contributed by atoms with Crippen molar-refractivity contribution in [2.45, 2.75) is 31.3 Å². The summed E-state index contributed by atoms with van der Waals surface area (Å²) in [6.45, 7) is 3.69. The maximum atomic E-state index is 12.9. The van der Waals surface area contributed by atoms with Gasteiger partial charge in [-0.3, -0.25) is 4.68 Å². The molecule has 3 heterocycles. The lowest BCUT2D eigenvalue weighted by Crippen LogP contribution is -2.57. The van der Waals surface area contributed by atoms with Crippen molar-refractivity contribution in [2.75, 3.05) is 47.3 Å². The molecule has 1 aromatic heterocycles. The van der Waals surface area contributed by atoms with Gasteiger partial charge in [0.15, 0.2) is 0 Å². The van der Waals surface area contributed by atoms with Gasteiger partial charge in [0.2, 0.25) is 0 Å². The van der Waals surface area contributed by atoms with Crippen LogP contribution in [0.1, 0.15) is 30.9 Å². The predicted molar refractivity (Wildman–Crippen MR) is 98.4 cm³/mol. The van der Waals surface area contributed by atoms with Crippen LogP contribution in [0.4, 0.5) is 4.79 Å². The summed E-state index contributed by atoms with van der Waals surface area (Å²) < 4.78 is 1.81. The lowest BCUT2D eigenvalue weighted by molar-refractivity contribution is 0.0528. The van der Waals surface area contributed by atoms with Gasteiger partial charge < -0.3 is 20.0 Å². The largest absolute Gasteiger partial charge is 0.336 e. The van der Waals surface area contributed by atoms with Crippen molar-refractivity contribution >= 4 is 6.03 Å². The van der Waals surface area contributed by atoms with Gasteiger partial charge in [0, 0.05) is 44.5 Å². The molecule has 1 N–H and O–H groups in total. The molecule has 7 nitrogen and oxygen atoms in total. The molecule has 0 bridgehead atoms. The van der Waals surface area contributed by atoms with Crippen molar-refractivity contribution in [2.24, 2.45) is 13.0 Å². The number of carbonyl (C=O) groups excluding carboxylic acids is 1. The van der Waals surface area contributed by atoms with Crippen LogP contribution in [0.25, 0.3) is 0 Å². The number of urea groups is 1. The predicted octanol–water partition coefficient (Wildman–Crippen LogP) is 1.15. The molecule has 2 aliphatic rings. The number of aryl methyl sites for hydroxylation is 1. The van der Waals surface area contributed by atoms with Gasteiger partial charge in [-0.15, -0.1) is 0 Å². The monoisotopic (exact) mass is 348 g/mol. The Morgan fingerprint density at radius 2 is 2.16 bits per heavy atom. The summed E-state index contributed by atoms with van der Waals surface area (Å²) in [6.07, 6.45) is 7.35. The number of likely N-dealkylation sites (N-methyl/N-ethyl adjacent to an activating group) is 1. The minimum Gasteiger partial charge on any atom is -0.336 e. The molecule has 2 saturated heterocycles. The van der Waals surface area contributed by atoms with Crippen LogP contribution in [0.15, 0.2) is 12.4 Å². The number of piperidine rings is 2. The van der Waals surface area contributed by atoms with Crippen LogP contribution in [-0.2, 0) is 7.05 Å². The fraction of sp³-hybridized carbons (Fsp3) is 0.778. The molecule has 0 saturated carbocycles. The number of aromatic nitrogens is 2.